The van der Waals surface area contributed by atoms with E-state index in [0.29, 0.717) is 23.1 Å². The summed E-state index contributed by atoms with van der Waals surface area (Å²) in [5.41, 5.74) is 2.05. The average Bonchev–Trinajstić information content (AvgIpc) is 3.22. The van der Waals surface area contributed by atoms with E-state index >= 15 is 0 Å². The van der Waals surface area contributed by atoms with Gasteiger partial charge in [0.2, 0.25) is 11.8 Å². The summed E-state index contributed by atoms with van der Waals surface area (Å²) in [6.07, 6.45) is 3.57. The lowest BCUT2D eigenvalue weighted by Gasteiger charge is -2.26. The summed E-state index contributed by atoms with van der Waals surface area (Å²) in [7, 11) is 0. The molecule has 1 aromatic heterocycles. The number of carbonyl (C=O) groups is 2. The van der Waals surface area contributed by atoms with Gasteiger partial charge in [-0.3, -0.25) is 19.1 Å². The highest BCUT2D eigenvalue weighted by atomic mass is 32.2. The van der Waals surface area contributed by atoms with Crippen LogP contribution in [0.2, 0.25) is 0 Å². The molecule has 2 aromatic carbocycles. The van der Waals surface area contributed by atoms with Gasteiger partial charge in [-0.1, -0.05) is 18.2 Å². The smallest absolute Gasteiger partial charge is 0.234 e. The number of amides is 2. The second kappa shape index (κ2) is 11.3. The van der Waals surface area contributed by atoms with Crippen molar-refractivity contribution in [1.29, 1.82) is 0 Å². The third-order valence-corrected chi connectivity index (χ3v) is 6.35. The Balaban J connectivity index is 1.44. The van der Waals surface area contributed by atoms with Crippen molar-refractivity contribution in [2.24, 2.45) is 0 Å². The number of hydrogen-bond acceptors (Lipinski definition) is 6. The van der Waals surface area contributed by atoms with Gasteiger partial charge < -0.3 is 10.6 Å². The summed E-state index contributed by atoms with van der Waals surface area (Å²) in [5.74, 6) is 0.246. The Kier molecular flexibility index (Phi) is 7.91. The zero-order valence-corrected chi connectivity index (χ0v) is 19.8. The van der Waals surface area contributed by atoms with E-state index < -0.39 is 0 Å². The number of carbonyl (C=O) groups excluding carboxylic acids is 2. The van der Waals surface area contributed by atoms with Crippen LogP contribution in [0, 0.1) is 5.82 Å². The lowest BCUT2D eigenvalue weighted by molar-refractivity contribution is -0.114. The van der Waals surface area contributed by atoms with Crippen LogP contribution in [0.25, 0.3) is 5.69 Å². The van der Waals surface area contributed by atoms with Crippen molar-refractivity contribution in [3.63, 3.8) is 0 Å². The number of benzene rings is 2. The summed E-state index contributed by atoms with van der Waals surface area (Å²) >= 11 is 1.28. The first-order chi connectivity index (χ1) is 16.5. The summed E-state index contributed by atoms with van der Waals surface area (Å²) in [6, 6.07) is 13.1. The number of anilines is 2. The first-order valence-corrected chi connectivity index (χ1v) is 12.2. The fraction of sp³-hybridized carbons (Fsp3) is 0.333. The average molecular weight is 483 g/mol. The van der Waals surface area contributed by atoms with Crippen molar-refractivity contribution in [3.8, 4) is 5.69 Å². The van der Waals surface area contributed by atoms with Crippen LogP contribution in [-0.4, -0.2) is 50.3 Å². The van der Waals surface area contributed by atoms with E-state index in [4.69, 9.17) is 0 Å². The zero-order chi connectivity index (χ0) is 23.9. The fourth-order valence-electron chi connectivity index (χ4n) is 3.83. The largest absolute Gasteiger partial charge is 0.326 e. The number of thioether (sulfide) groups is 1. The first-order valence-electron chi connectivity index (χ1n) is 11.2. The number of hydrogen-bond donors (Lipinski definition) is 2. The van der Waals surface area contributed by atoms with Crippen LogP contribution < -0.4 is 10.6 Å². The normalized spacial score (nSPS) is 14.1. The van der Waals surface area contributed by atoms with Crippen LogP contribution in [0.5, 0.6) is 0 Å². The molecule has 4 rings (SSSR count). The molecular formula is C24H27FN6O2S. The van der Waals surface area contributed by atoms with Crippen LogP contribution in [-0.2, 0) is 16.1 Å². The number of likely N-dealkylation sites (tertiary alicyclic amines) is 1. The van der Waals surface area contributed by atoms with Gasteiger partial charge in [0.1, 0.15) is 5.82 Å². The Labute approximate surface area is 201 Å². The molecular weight excluding hydrogens is 455 g/mol. The second-order valence-corrected chi connectivity index (χ2v) is 9.09. The highest BCUT2D eigenvalue weighted by Gasteiger charge is 2.19. The maximum atomic E-state index is 13.5. The third-order valence-electron chi connectivity index (χ3n) is 5.42. The Bertz CT molecular complexity index is 1130. The van der Waals surface area contributed by atoms with E-state index in [1.165, 1.54) is 37.2 Å². The zero-order valence-electron chi connectivity index (χ0n) is 19.0. The molecule has 2 amide bonds. The van der Waals surface area contributed by atoms with Gasteiger partial charge in [0.05, 0.1) is 12.3 Å². The molecule has 8 nitrogen and oxygen atoms in total. The molecule has 1 saturated heterocycles. The van der Waals surface area contributed by atoms with Gasteiger partial charge in [-0.15, -0.1) is 10.2 Å². The molecule has 0 aliphatic carbocycles. The molecule has 2 N–H and O–H groups in total. The topological polar surface area (TPSA) is 92.2 Å². The van der Waals surface area contributed by atoms with Gasteiger partial charge in [-0.05, 0) is 74.5 Å². The summed E-state index contributed by atoms with van der Waals surface area (Å²) < 4.78 is 15.4. The van der Waals surface area contributed by atoms with Gasteiger partial charge in [-0.25, -0.2) is 4.39 Å². The van der Waals surface area contributed by atoms with Gasteiger partial charge in [0.25, 0.3) is 0 Å². The van der Waals surface area contributed by atoms with Crippen molar-refractivity contribution >= 4 is 35.0 Å². The minimum absolute atomic E-state index is 0.135. The Morgan fingerprint density at radius 2 is 1.59 bits per heavy atom. The van der Waals surface area contributed by atoms with Crippen molar-refractivity contribution in [3.05, 3.63) is 60.2 Å². The SMILES string of the molecule is CC(=O)Nc1ccc(NC(=O)CSc2nnc(CN3CCCCC3)n2-c2ccc(F)cc2)cc1. The molecule has 178 valence electrons. The van der Waals surface area contributed by atoms with Crippen molar-refractivity contribution in [2.75, 3.05) is 29.5 Å². The Morgan fingerprint density at radius 3 is 2.24 bits per heavy atom. The van der Waals surface area contributed by atoms with Crippen LogP contribution in [0.15, 0.2) is 53.7 Å². The number of nitrogens with zero attached hydrogens (tertiary/aromatic N) is 4. The van der Waals surface area contributed by atoms with E-state index in [9.17, 15) is 14.0 Å². The fourth-order valence-corrected chi connectivity index (χ4v) is 4.60. The molecule has 1 aliphatic heterocycles. The standard InChI is InChI=1S/C24H27FN6O2S/c1-17(32)26-19-7-9-20(10-8-19)27-23(33)16-34-24-29-28-22(15-30-13-3-2-4-14-30)31(24)21-11-5-18(25)6-12-21/h5-12H,2-4,13-16H2,1H3,(H,26,32)(H,27,33). The summed E-state index contributed by atoms with van der Waals surface area (Å²) in [5, 5.41) is 14.8. The minimum Gasteiger partial charge on any atom is -0.326 e. The quantitative estimate of drug-likeness (QED) is 0.470. The molecule has 34 heavy (non-hydrogen) atoms. The highest BCUT2D eigenvalue weighted by molar-refractivity contribution is 7.99. The maximum absolute atomic E-state index is 13.5. The van der Waals surface area contributed by atoms with E-state index in [1.807, 2.05) is 4.57 Å². The predicted molar refractivity (Wildman–Crippen MR) is 131 cm³/mol. The third kappa shape index (κ3) is 6.42. The second-order valence-electron chi connectivity index (χ2n) is 8.14. The monoisotopic (exact) mass is 482 g/mol. The summed E-state index contributed by atoms with van der Waals surface area (Å²) in [4.78, 5) is 26.0. The molecule has 10 heteroatoms. The van der Waals surface area contributed by atoms with Crippen molar-refractivity contribution < 1.29 is 14.0 Å². The van der Waals surface area contributed by atoms with Gasteiger partial charge >= 0.3 is 0 Å². The molecule has 2 heterocycles. The molecule has 3 aromatic rings. The van der Waals surface area contributed by atoms with E-state index in [2.05, 4.69) is 25.7 Å². The minimum atomic E-state index is -0.312. The number of rotatable bonds is 8. The molecule has 0 spiro atoms. The highest BCUT2D eigenvalue weighted by Crippen LogP contribution is 2.24. The molecule has 0 atom stereocenters. The van der Waals surface area contributed by atoms with E-state index in [0.717, 1.165) is 37.4 Å². The predicted octanol–water partition coefficient (Wildman–Crippen LogP) is 4.08. The van der Waals surface area contributed by atoms with Gasteiger partial charge in [0.15, 0.2) is 11.0 Å². The number of piperidine rings is 1. The van der Waals surface area contributed by atoms with Gasteiger partial charge in [0, 0.05) is 24.0 Å². The number of aromatic nitrogens is 3. The molecule has 0 radical (unpaired) electrons. The maximum Gasteiger partial charge on any atom is 0.234 e. The van der Waals surface area contributed by atoms with Crippen LogP contribution in [0.3, 0.4) is 0 Å². The summed E-state index contributed by atoms with van der Waals surface area (Å²) in [6.45, 7) is 4.12. The number of halogens is 1. The van der Waals surface area contributed by atoms with Crippen molar-refractivity contribution in [2.45, 2.75) is 37.9 Å². The van der Waals surface area contributed by atoms with Crippen LogP contribution >= 0.6 is 11.8 Å². The molecule has 1 aliphatic rings. The molecule has 0 bridgehead atoms. The molecule has 0 saturated carbocycles. The Hall–Kier alpha value is -3.24. The van der Waals surface area contributed by atoms with Crippen molar-refractivity contribution in [1.82, 2.24) is 19.7 Å². The van der Waals surface area contributed by atoms with Crippen LogP contribution in [0.1, 0.15) is 32.0 Å². The number of nitrogens with one attached hydrogen (secondary N) is 2. The van der Waals surface area contributed by atoms with Gasteiger partial charge in [-0.2, -0.15) is 0 Å². The first kappa shape index (κ1) is 23.9. The van der Waals surface area contributed by atoms with Crippen LogP contribution in [0.4, 0.5) is 15.8 Å². The molecule has 0 unspecified atom stereocenters. The Morgan fingerprint density at radius 1 is 0.941 bits per heavy atom. The van der Waals surface area contributed by atoms with E-state index in [-0.39, 0.29) is 23.4 Å². The lowest BCUT2D eigenvalue weighted by Crippen LogP contribution is -2.30. The lowest BCUT2D eigenvalue weighted by atomic mass is 10.1. The van der Waals surface area contributed by atoms with E-state index in [1.54, 1.807) is 36.4 Å². The molecule has 1 fully saturated rings.